The number of aliphatic carboxylic acids is 1. The number of carbonyl (C=O) groups is 5. The van der Waals surface area contributed by atoms with Gasteiger partial charge in [-0.25, -0.2) is 4.79 Å². The molecule has 4 rings (SSSR count). The first-order chi connectivity index (χ1) is 27.8. The number of benzene rings is 2. The Labute approximate surface area is 344 Å². The van der Waals surface area contributed by atoms with E-state index in [0.29, 0.717) is 49.7 Å². The first-order valence-electron chi connectivity index (χ1n) is 21.2. The van der Waals surface area contributed by atoms with Crippen LogP contribution in [0.3, 0.4) is 0 Å². The molecule has 2 fully saturated rings. The molecule has 58 heavy (non-hydrogen) atoms. The summed E-state index contributed by atoms with van der Waals surface area (Å²) in [6.45, 7) is 9.08. The van der Waals surface area contributed by atoms with E-state index in [2.05, 4.69) is 10.6 Å². The van der Waals surface area contributed by atoms with Crippen molar-refractivity contribution in [2.75, 3.05) is 39.9 Å². The second kappa shape index (κ2) is 23.0. The van der Waals surface area contributed by atoms with Gasteiger partial charge in [-0.15, -0.1) is 0 Å². The summed E-state index contributed by atoms with van der Waals surface area (Å²) in [7, 11) is 1.57. The molecule has 4 amide bonds. The van der Waals surface area contributed by atoms with E-state index in [0.717, 1.165) is 81.8 Å². The van der Waals surface area contributed by atoms with Gasteiger partial charge >= 0.3 is 12.1 Å². The fraction of sp³-hybridized carbons (Fsp3) is 0.622. The lowest BCUT2D eigenvalue weighted by molar-refractivity contribution is -0.137. The van der Waals surface area contributed by atoms with Crippen LogP contribution in [0.15, 0.2) is 42.5 Å². The zero-order valence-corrected chi connectivity index (χ0v) is 35.3. The number of piperidine rings is 1. The van der Waals surface area contributed by atoms with Crippen LogP contribution in [0, 0.1) is 5.92 Å². The van der Waals surface area contributed by atoms with Gasteiger partial charge in [-0.1, -0.05) is 50.7 Å². The number of amides is 4. The Morgan fingerprint density at radius 3 is 2.38 bits per heavy atom. The van der Waals surface area contributed by atoms with E-state index in [9.17, 15) is 24.0 Å². The Bertz CT molecular complexity index is 1670. The fourth-order valence-electron chi connectivity index (χ4n) is 7.81. The summed E-state index contributed by atoms with van der Waals surface area (Å²) in [5.74, 6) is -0.212. The number of likely N-dealkylation sites (tertiary alicyclic amines) is 1. The molecule has 0 radical (unpaired) electrons. The van der Waals surface area contributed by atoms with Crippen molar-refractivity contribution >= 4 is 29.8 Å². The average Bonchev–Trinajstić information content (AvgIpc) is 3.20. The van der Waals surface area contributed by atoms with Crippen LogP contribution in [0.2, 0.25) is 0 Å². The van der Waals surface area contributed by atoms with Crippen LogP contribution >= 0.6 is 0 Å². The lowest BCUT2D eigenvalue weighted by Crippen LogP contribution is -2.51. The van der Waals surface area contributed by atoms with Gasteiger partial charge in [0, 0.05) is 49.2 Å². The number of nitrogens with zero attached hydrogens (tertiary/aromatic N) is 2. The quantitative estimate of drug-likeness (QED) is 0.115. The second-order valence-corrected chi connectivity index (χ2v) is 16.6. The number of rotatable bonds is 20. The molecule has 1 aliphatic carbocycles. The van der Waals surface area contributed by atoms with Crippen molar-refractivity contribution in [3.63, 3.8) is 0 Å². The highest BCUT2D eigenvalue weighted by atomic mass is 16.6. The van der Waals surface area contributed by atoms with Crippen LogP contribution in [0.5, 0.6) is 11.5 Å². The minimum absolute atomic E-state index is 0.0202. The summed E-state index contributed by atoms with van der Waals surface area (Å²) in [4.78, 5) is 68.7. The SMILES string of the molecule is CCOc1cc(OC)ccc1CN(CC(=O)N1CCCC(c2cccc(C(=O)N[C@@H](C(=O)NCCCCCCCC(=O)O)C3CCCCC3)c2)C1)C(=O)OC(C)(C)C. The molecule has 1 saturated carbocycles. The summed E-state index contributed by atoms with van der Waals surface area (Å²) in [6.07, 6.45) is 10.2. The molecule has 3 N–H and O–H groups in total. The predicted molar refractivity (Wildman–Crippen MR) is 222 cm³/mol. The van der Waals surface area contributed by atoms with Crippen molar-refractivity contribution in [2.24, 2.45) is 5.92 Å². The summed E-state index contributed by atoms with van der Waals surface area (Å²) in [5, 5.41) is 15.0. The van der Waals surface area contributed by atoms with Crippen LogP contribution in [-0.2, 0) is 25.7 Å². The summed E-state index contributed by atoms with van der Waals surface area (Å²) in [6, 6.07) is 12.2. The number of nitrogens with one attached hydrogen (secondary N) is 2. The first kappa shape index (κ1) is 45.9. The van der Waals surface area contributed by atoms with E-state index in [1.807, 2.05) is 31.2 Å². The number of carbonyl (C=O) groups excluding carboxylic acids is 4. The monoisotopic (exact) mass is 806 g/mol. The third kappa shape index (κ3) is 14.8. The summed E-state index contributed by atoms with van der Waals surface area (Å²) < 4.78 is 17.0. The number of carboxylic acids is 1. The maximum atomic E-state index is 13.9. The number of ether oxygens (including phenoxy) is 3. The molecule has 2 atom stereocenters. The largest absolute Gasteiger partial charge is 0.497 e. The topological polar surface area (TPSA) is 164 Å². The molecule has 2 aliphatic rings. The minimum Gasteiger partial charge on any atom is -0.497 e. The van der Waals surface area contributed by atoms with Gasteiger partial charge in [-0.05, 0) is 102 Å². The third-order valence-electron chi connectivity index (χ3n) is 10.9. The van der Waals surface area contributed by atoms with Gasteiger partial charge < -0.3 is 34.9 Å². The molecule has 320 valence electrons. The number of carboxylic acid groups (broad SMARTS) is 1. The van der Waals surface area contributed by atoms with Crippen molar-refractivity contribution in [1.29, 1.82) is 0 Å². The molecule has 1 heterocycles. The van der Waals surface area contributed by atoms with E-state index in [4.69, 9.17) is 19.3 Å². The first-order valence-corrected chi connectivity index (χ1v) is 21.2. The molecule has 0 spiro atoms. The van der Waals surface area contributed by atoms with Gasteiger partial charge in [0.1, 0.15) is 29.7 Å². The van der Waals surface area contributed by atoms with E-state index >= 15 is 0 Å². The highest BCUT2D eigenvalue weighted by Gasteiger charge is 2.33. The zero-order chi connectivity index (χ0) is 42.1. The van der Waals surface area contributed by atoms with E-state index < -0.39 is 23.7 Å². The highest BCUT2D eigenvalue weighted by molar-refractivity contribution is 5.97. The van der Waals surface area contributed by atoms with Crippen molar-refractivity contribution in [3.8, 4) is 11.5 Å². The van der Waals surface area contributed by atoms with Gasteiger partial charge in [0.2, 0.25) is 11.8 Å². The molecule has 1 unspecified atom stereocenters. The van der Waals surface area contributed by atoms with Crippen molar-refractivity contribution in [1.82, 2.24) is 20.4 Å². The molecule has 0 bridgehead atoms. The molecular formula is C45H66N4O9. The number of methoxy groups -OCH3 is 1. The average molecular weight is 807 g/mol. The van der Waals surface area contributed by atoms with Crippen LogP contribution in [0.4, 0.5) is 4.79 Å². The van der Waals surface area contributed by atoms with Crippen LogP contribution in [0.25, 0.3) is 0 Å². The molecule has 13 nitrogen and oxygen atoms in total. The third-order valence-corrected chi connectivity index (χ3v) is 10.9. The van der Waals surface area contributed by atoms with Crippen LogP contribution in [-0.4, -0.2) is 96.2 Å². The van der Waals surface area contributed by atoms with E-state index in [1.54, 1.807) is 51.0 Å². The van der Waals surface area contributed by atoms with Crippen molar-refractivity contribution in [2.45, 2.75) is 135 Å². The van der Waals surface area contributed by atoms with Gasteiger partial charge in [-0.3, -0.25) is 24.1 Å². The number of hydrogen-bond acceptors (Lipinski definition) is 8. The Balaban J connectivity index is 1.41. The maximum absolute atomic E-state index is 13.9. The maximum Gasteiger partial charge on any atom is 0.411 e. The fourth-order valence-corrected chi connectivity index (χ4v) is 7.81. The summed E-state index contributed by atoms with van der Waals surface area (Å²) in [5.41, 5.74) is 1.37. The lowest BCUT2D eigenvalue weighted by atomic mass is 9.83. The van der Waals surface area contributed by atoms with Gasteiger partial charge in [0.15, 0.2) is 0 Å². The molecular weight excluding hydrogens is 741 g/mol. The van der Waals surface area contributed by atoms with E-state index in [1.165, 1.54) is 4.90 Å². The number of hydrogen-bond donors (Lipinski definition) is 3. The molecule has 1 aliphatic heterocycles. The molecule has 1 saturated heterocycles. The second-order valence-electron chi connectivity index (χ2n) is 16.6. The van der Waals surface area contributed by atoms with Gasteiger partial charge in [0.25, 0.3) is 5.91 Å². The Morgan fingerprint density at radius 1 is 0.931 bits per heavy atom. The van der Waals surface area contributed by atoms with Crippen molar-refractivity contribution < 1.29 is 43.3 Å². The Hall–Kier alpha value is -4.81. The predicted octanol–water partition coefficient (Wildman–Crippen LogP) is 7.46. The van der Waals surface area contributed by atoms with Crippen LogP contribution in [0.1, 0.15) is 139 Å². The molecule has 13 heteroatoms. The zero-order valence-electron chi connectivity index (χ0n) is 35.3. The van der Waals surface area contributed by atoms with E-state index in [-0.39, 0.29) is 49.1 Å². The highest BCUT2D eigenvalue weighted by Crippen LogP contribution is 2.31. The summed E-state index contributed by atoms with van der Waals surface area (Å²) >= 11 is 0. The van der Waals surface area contributed by atoms with Gasteiger partial charge in [0.05, 0.1) is 20.3 Å². The Kier molecular flexibility index (Phi) is 18.2. The molecule has 0 aromatic heterocycles. The van der Waals surface area contributed by atoms with Gasteiger partial charge in [-0.2, -0.15) is 0 Å². The molecule has 2 aromatic rings. The van der Waals surface area contributed by atoms with Crippen molar-refractivity contribution in [3.05, 3.63) is 59.2 Å². The normalized spacial score (nSPS) is 16.5. The smallest absolute Gasteiger partial charge is 0.411 e. The number of unbranched alkanes of at least 4 members (excludes halogenated alkanes) is 4. The molecule has 2 aromatic carbocycles. The lowest BCUT2D eigenvalue weighted by Gasteiger charge is -2.35. The minimum atomic E-state index is -0.776. The standard InChI is InChI=1S/C45H66N4O9/c1-6-57-38-28-37(56-5)24-23-36(38)30-49(44(55)58-45(2,3)4)31-39(50)48-26-16-21-35(29-48)33-19-15-20-34(27-33)42(53)47-41(32-17-11-10-12-18-32)43(54)46-25-14-9-7-8-13-22-40(51)52/h15,19-20,23-24,27-28,32,35,41H,6-14,16-18,21-22,25-26,29-31H2,1-5H3,(H,46,54)(H,47,53)(H,51,52)/t35?,41-/m1/s1. The van der Waals surface area contributed by atoms with Crippen LogP contribution < -0.4 is 20.1 Å². The Morgan fingerprint density at radius 2 is 1.67 bits per heavy atom.